The highest BCUT2D eigenvalue weighted by Crippen LogP contribution is 2.33. The molecule has 0 saturated carbocycles. The summed E-state index contributed by atoms with van der Waals surface area (Å²) in [4.78, 5) is 38.5. The average molecular weight is 402 g/mol. The molecule has 0 aliphatic carbocycles. The number of halogens is 1. The maximum absolute atomic E-state index is 12.4. The van der Waals surface area contributed by atoms with E-state index in [2.05, 4.69) is 10.9 Å². The number of amides is 3. The van der Waals surface area contributed by atoms with Crippen LogP contribution in [0.25, 0.3) is 0 Å². The predicted molar refractivity (Wildman–Crippen MR) is 105 cm³/mol. The standard InChI is InChI=1S/C20H20ClN3O4/c1-2-28-17-10-6-5-9-16(17)24-12-13(11-18(24)25)19(26)22-23-20(27)14-7-3-4-8-15(14)21/h3-10,13H,2,11-12H2,1H3,(H,22,26)(H,23,27)/t13-/m0/s1. The van der Waals surface area contributed by atoms with Gasteiger partial charge in [-0.05, 0) is 31.2 Å². The van der Waals surface area contributed by atoms with Crippen LogP contribution in [0.2, 0.25) is 5.02 Å². The Bertz CT molecular complexity index is 903. The number of benzene rings is 2. The van der Waals surface area contributed by atoms with E-state index in [0.717, 1.165) is 0 Å². The first-order valence-corrected chi connectivity index (χ1v) is 9.26. The SMILES string of the molecule is CCOc1ccccc1N1C[C@@H](C(=O)NNC(=O)c2ccccc2Cl)CC1=O. The number of nitrogens with zero attached hydrogens (tertiary/aromatic N) is 1. The summed E-state index contributed by atoms with van der Waals surface area (Å²) in [6.45, 7) is 2.54. The van der Waals surface area contributed by atoms with Gasteiger partial charge in [0, 0.05) is 13.0 Å². The zero-order chi connectivity index (χ0) is 20.1. The van der Waals surface area contributed by atoms with Crippen molar-refractivity contribution >= 4 is 35.0 Å². The van der Waals surface area contributed by atoms with Crippen molar-refractivity contribution in [1.82, 2.24) is 10.9 Å². The molecule has 1 saturated heterocycles. The van der Waals surface area contributed by atoms with Crippen molar-refractivity contribution in [3.05, 3.63) is 59.1 Å². The van der Waals surface area contributed by atoms with Gasteiger partial charge in [-0.25, -0.2) is 0 Å². The minimum atomic E-state index is -0.589. The number of nitrogens with one attached hydrogen (secondary N) is 2. The second kappa shape index (κ2) is 8.75. The molecule has 1 atom stereocenters. The number of hydrogen-bond donors (Lipinski definition) is 2. The first-order valence-electron chi connectivity index (χ1n) is 8.88. The molecule has 8 heteroatoms. The largest absolute Gasteiger partial charge is 0.492 e. The number of hydrazine groups is 1. The zero-order valence-corrected chi connectivity index (χ0v) is 16.0. The number of carbonyl (C=O) groups is 3. The lowest BCUT2D eigenvalue weighted by Gasteiger charge is -2.20. The number of ether oxygens (including phenoxy) is 1. The van der Waals surface area contributed by atoms with Crippen LogP contribution in [0.5, 0.6) is 5.75 Å². The van der Waals surface area contributed by atoms with E-state index in [1.54, 1.807) is 36.4 Å². The highest BCUT2D eigenvalue weighted by molar-refractivity contribution is 6.33. The van der Waals surface area contributed by atoms with Crippen molar-refractivity contribution < 1.29 is 19.1 Å². The molecule has 1 heterocycles. The second-order valence-electron chi connectivity index (χ2n) is 6.23. The molecule has 3 rings (SSSR count). The first-order chi connectivity index (χ1) is 13.5. The van der Waals surface area contributed by atoms with E-state index >= 15 is 0 Å². The zero-order valence-electron chi connectivity index (χ0n) is 15.3. The summed E-state index contributed by atoms with van der Waals surface area (Å²) in [7, 11) is 0. The van der Waals surface area contributed by atoms with Crippen molar-refractivity contribution in [3.63, 3.8) is 0 Å². The van der Waals surface area contributed by atoms with E-state index in [-0.39, 0.29) is 29.5 Å². The summed E-state index contributed by atoms with van der Waals surface area (Å²) >= 11 is 5.97. The molecule has 0 spiro atoms. The van der Waals surface area contributed by atoms with E-state index in [0.29, 0.717) is 18.0 Å². The Kier molecular flexibility index (Phi) is 6.16. The lowest BCUT2D eigenvalue weighted by molar-refractivity contribution is -0.126. The Labute approximate surface area is 167 Å². The fourth-order valence-corrected chi connectivity index (χ4v) is 3.23. The van der Waals surface area contributed by atoms with Gasteiger partial charge in [-0.1, -0.05) is 35.9 Å². The average Bonchev–Trinajstić information content (AvgIpc) is 3.08. The van der Waals surface area contributed by atoms with Gasteiger partial charge in [0.15, 0.2) is 0 Å². The van der Waals surface area contributed by atoms with Crippen molar-refractivity contribution in [1.29, 1.82) is 0 Å². The van der Waals surface area contributed by atoms with E-state index in [9.17, 15) is 14.4 Å². The topological polar surface area (TPSA) is 87.7 Å². The highest BCUT2D eigenvalue weighted by Gasteiger charge is 2.36. The normalized spacial score (nSPS) is 16.0. The molecule has 7 nitrogen and oxygen atoms in total. The van der Waals surface area contributed by atoms with Gasteiger partial charge in [-0.3, -0.25) is 25.2 Å². The molecule has 3 amide bonds. The lowest BCUT2D eigenvalue weighted by atomic mass is 10.1. The Morgan fingerprint density at radius 1 is 1.14 bits per heavy atom. The summed E-state index contributed by atoms with van der Waals surface area (Å²) in [5.74, 6) is -1.14. The molecule has 0 unspecified atom stereocenters. The predicted octanol–water partition coefficient (Wildman–Crippen LogP) is 2.55. The van der Waals surface area contributed by atoms with E-state index in [4.69, 9.17) is 16.3 Å². The summed E-state index contributed by atoms with van der Waals surface area (Å²) in [6.07, 6.45) is 0.0499. The van der Waals surface area contributed by atoms with E-state index < -0.39 is 17.7 Å². The third-order valence-corrected chi connectivity index (χ3v) is 4.70. The molecule has 2 N–H and O–H groups in total. The van der Waals surface area contributed by atoms with Crippen molar-refractivity contribution in [2.75, 3.05) is 18.1 Å². The fraction of sp³-hybridized carbons (Fsp3) is 0.250. The number of para-hydroxylation sites is 2. The number of carbonyl (C=O) groups excluding carboxylic acids is 3. The number of anilines is 1. The minimum absolute atomic E-state index is 0.0499. The van der Waals surface area contributed by atoms with Crippen LogP contribution in [0, 0.1) is 5.92 Å². The first kappa shape index (κ1) is 19.7. The summed E-state index contributed by atoms with van der Waals surface area (Å²) in [5.41, 5.74) is 5.59. The second-order valence-corrected chi connectivity index (χ2v) is 6.64. The Morgan fingerprint density at radius 2 is 1.86 bits per heavy atom. The number of rotatable bonds is 5. The third kappa shape index (κ3) is 4.26. The molecular weight excluding hydrogens is 382 g/mol. The van der Waals surface area contributed by atoms with E-state index in [1.807, 2.05) is 19.1 Å². The molecule has 1 aliphatic rings. The molecule has 0 radical (unpaired) electrons. The Balaban J connectivity index is 1.63. The molecule has 1 fully saturated rings. The van der Waals surface area contributed by atoms with Crippen LogP contribution in [-0.2, 0) is 9.59 Å². The van der Waals surface area contributed by atoms with Crippen molar-refractivity contribution in [2.24, 2.45) is 5.92 Å². The van der Waals surface area contributed by atoms with Gasteiger partial charge in [0.25, 0.3) is 5.91 Å². The van der Waals surface area contributed by atoms with Gasteiger partial charge < -0.3 is 9.64 Å². The summed E-state index contributed by atoms with van der Waals surface area (Å²) in [6, 6.07) is 13.7. The quantitative estimate of drug-likeness (QED) is 0.754. The van der Waals surface area contributed by atoms with Crippen molar-refractivity contribution in [3.8, 4) is 5.75 Å². The molecular formula is C20H20ClN3O4. The van der Waals surface area contributed by atoms with Crippen LogP contribution in [0.1, 0.15) is 23.7 Å². The molecule has 146 valence electrons. The van der Waals surface area contributed by atoms with Gasteiger partial charge >= 0.3 is 0 Å². The molecule has 2 aromatic carbocycles. The fourth-order valence-electron chi connectivity index (χ4n) is 3.01. The minimum Gasteiger partial charge on any atom is -0.492 e. The Hall–Kier alpha value is -3.06. The van der Waals surface area contributed by atoms with Crippen LogP contribution < -0.4 is 20.5 Å². The van der Waals surface area contributed by atoms with Crippen LogP contribution in [-0.4, -0.2) is 30.9 Å². The van der Waals surface area contributed by atoms with Crippen LogP contribution in [0.15, 0.2) is 48.5 Å². The van der Waals surface area contributed by atoms with Gasteiger partial charge in [0.1, 0.15) is 5.75 Å². The van der Waals surface area contributed by atoms with Gasteiger partial charge in [0.05, 0.1) is 28.8 Å². The van der Waals surface area contributed by atoms with Crippen molar-refractivity contribution in [2.45, 2.75) is 13.3 Å². The number of hydrogen-bond acceptors (Lipinski definition) is 4. The van der Waals surface area contributed by atoms with Gasteiger partial charge in [-0.2, -0.15) is 0 Å². The molecule has 0 aromatic heterocycles. The molecule has 2 aromatic rings. The monoisotopic (exact) mass is 401 g/mol. The maximum Gasteiger partial charge on any atom is 0.271 e. The van der Waals surface area contributed by atoms with Crippen LogP contribution in [0.4, 0.5) is 5.69 Å². The summed E-state index contributed by atoms with van der Waals surface area (Å²) < 4.78 is 5.57. The highest BCUT2D eigenvalue weighted by atomic mass is 35.5. The molecule has 0 bridgehead atoms. The van der Waals surface area contributed by atoms with Crippen LogP contribution in [0.3, 0.4) is 0 Å². The van der Waals surface area contributed by atoms with Gasteiger partial charge in [-0.15, -0.1) is 0 Å². The molecule has 1 aliphatic heterocycles. The van der Waals surface area contributed by atoms with E-state index in [1.165, 1.54) is 4.90 Å². The third-order valence-electron chi connectivity index (χ3n) is 4.37. The lowest BCUT2D eigenvalue weighted by Crippen LogP contribution is -2.45. The summed E-state index contributed by atoms with van der Waals surface area (Å²) in [5, 5.41) is 0.281. The maximum atomic E-state index is 12.4. The Morgan fingerprint density at radius 3 is 2.61 bits per heavy atom. The smallest absolute Gasteiger partial charge is 0.271 e. The van der Waals surface area contributed by atoms with Gasteiger partial charge in [0.2, 0.25) is 11.8 Å². The molecule has 28 heavy (non-hydrogen) atoms. The van der Waals surface area contributed by atoms with Crippen LogP contribution >= 0.6 is 11.6 Å².